The molecule has 1 heterocycles. The summed E-state index contributed by atoms with van der Waals surface area (Å²) in [4.78, 5) is 22.8. The lowest BCUT2D eigenvalue weighted by molar-refractivity contribution is -0.384. The van der Waals surface area contributed by atoms with Gasteiger partial charge in [-0.1, -0.05) is 0 Å². The van der Waals surface area contributed by atoms with Gasteiger partial charge in [-0.05, 0) is 42.1 Å². The fourth-order valence-corrected chi connectivity index (χ4v) is 2.38. The average molecular weight is 288 g/mol. The topological polar surface area (TPSA) is 72.2 Å². The highest BCUT2D eigenvalue weighted by Gasteiger charge is 2.05. The number of nitro benzene ring substituents is 1. The van der Waals surface area contributed by atoms with Gasteiger partial charge in [0.15, 0.2) is 0 Å². The summed E-state index contributed by atoms with van der Waals surface area (Å²) >= 11 is 1.56. The van der Waals surface area contributed by atoms with Gasteiger partial charge in [0.2, 0.25) is 5.91 Å². The summed E-state index contributed by atoms with van der Waals surface area (Å²) in [6.07, 6.45) is 3.20. The molecule has 0 aliphatic rings. The Balaban J connectivity index is 1.99. The average Bonchev–Trinajstić information content (AvgIpc) is 2.82. The van der Waals surface area contributed by atoms with Crippen LogP contribution < -0.4 is 5.32 Å². The summed E-state index contributed by atoms with van der Waals surface area (Å²) in [6.45, 7) is 1.98. The van der Waals surface area contributed by atoms with Crippen molar-refractivity contribution in [3.8, 4) is 0 Å². The van der Waals surface area contributed by atoms with Crippen molar-refractivity contribution >= 4 is 34.7 Å². The number of hydrogen-bond acceptors (Lipinski definition) is 4. The van der Waals surface area contributed by atoms with E-state index in [0.29, 0.717) is 5.69 Å². The Hall–Kier alpha value is -2.47. The number of rotatable bonds is 4. The molecule has 5 nitrogen and oxygen atoms in total. The second-order valence-corrected chi connectivity index (χ2v) is 5.04. The lowest BCUT2D eigenvalue weighted by atomic mass is 10.2. The van der Waals surface area contributed by atoms with E-state index >= 15 is 0 Å². The van der Waals surface area contributed by atoms with E-state index < -0.39 is 4.92 Å². The second-order valence-electron chi connectivity index (χ2n) is 4.09. The van der Waals surface area contributed by atoms with Crippen molar-refractivity contribution in [1.29, 1.82) is 0 Å². The minimum absolute atomic E-state index is 0.00671. The fourth-order valence-electron chi connectivity index (χ4n) is 1.56. The first kappa shape index (κ1) is 14.0. The Labute approximate surface area is 119 Å². The Morgan fingerprint density at radius 1 is 1.30 bits per heavy atom. The zero-order valence-electron chi connectivity index (χ0n) is 10.7. The maximum atomic E-state index is 11.7. The number of anilines is 1. The normalized spacial score (nSPS) is 10.7. The van der Waals surface area contributed by atoms with Crippen LogP contribution >= 0.6 is 11.3 Å². The molecule has 0 unspecified atom stereocenters. The highest BCUT2D eigenvalue weighted by molar-refractivity contribution is 7.11. The minimum Gasteiger partial charge on any atom is -0.323 e. The number of aryl methyl sites for hydroxylation is 1. The predicted molar refractivity (Wildman–Crippen MR) is 79.8 cm³/mol. The number of non-ortho nitro benzene ring substituents is 1. The molecule has 1 amide bonds. The molecule has 1 aromatic heterocycles. The van der Waals surface area contributed by atoms with Gasteiger partial charge >= 0.3 is 0 Å². The Kier molecular flexibility index (Phi) is 4.27. The monoisotopic (exact) mass is 288 g/mol. The van der Waals surface area contributed by atoms with E-state index in [1.54, 1.807) is 17.4 Å². The van der Waals surface area contributed by atoms with Gasteiger partial charge in [-0.25, -0.2) is 0 Å². The number of amides is 1. The van der Waals surface area contributed by atoms with Crippen molar-refractivity contribution in [1.82, 2.24) is 0 Å². The molecule has 102 valence electrons. The second kappa shape index (κ2) is 6.12. The van der Waals surface area contributed by atoms with Crippen LogP contribution in [0.5, 0.6) is 0 Å². The van der Waals surface area contributed by atoms with Crippen LogP contribution in [0.4, 0.5) is 11.4 Å². The number of hydrogen-bond donors (Lipinski definition) is 1. The van der Waals surface area contributed by atoms with Gasteiger partial charge in [-0.2, -0.15) is 0 Å². The maximum Gasteiger partial charge on any atom is 0.269 e. The number of nitro groups is 1. The summed E-state index contributed by atoms with van der Waals surface area (Å²) < 4.78 is 0. The molecule has 2 rings (SSSR count). The molecular formula is C14H12N2O3S. The number of thiophene rings is 1. The Morgan fingerprint density at radius 2 is 2.00 bits per heavy atom. The molecule has 0 aliphatic heterocycles. The van der Waals surface area contributed by atoms with Crippen molar-refractivity contribution in [2.24, 2.45) is 0 Å². The molecule has 0 saturated carbocycles. The van der Waals surface area contributed by atoms with Gasteiger partial charge < -0.3 is 5.32 Å². The third kappa shape index (κ3) is 3.52. The first-order valence-corrected chi connectivity index (χ1v) is 6.72. The summed E-state index contributed by atoms with van der Waals surface area (Å²) in [6, 6.07) is 7.69. The number of carbonyl (C=O) groups is 1. The van der Waals surface area contributed by atoms with Crippen molar-refractivity contribution in [2.45, 2.75) is 6.92 Å². The molecule has 1 aromatic carbocycles. The molecular weight excluding hydrogens is 276 g/mol. The Morgan fingerprint density at radius 3 is 2.55 bits per heavy atom. The van der Waals surface area contributed by atoms with E-state index in [9.17, 15) is 14.9 Å². The van der Waals surface area contributed by atoms with Crippen LogP contribution in [0.15, 0.2) is 41.8 Å². The van der Waals surface area contributed by atoms with Gasteiger partial charge in [0, 0.05) is 28.8 Å². The lowest BCUT2D eigenvalue weighted by Gasteiger charge is -2.01. The van der Waals surface area contributed by atoms with Crippen LogP contribution in [0, 0.1) is 17.0 Å². The number of carbonyl (C=O) groups excluding carboxylic acids is 1. The molecule has 20 heavy (non-hydrogen) atoms. The van der Waals surface area contributed by atoms with Crippen LogP contribution in [0.2, 0.25) is 0 Å². The van der Waals surface area contributed by atoms with E-state index in [1.807, 2.05) is 18.4 Å². The molecule has 0 fully saturated rings. The van der Waals surface area contributed by atoms with Gasteiger partial charge in [-0.3, -0.25) is 14.9 Å². The standard InChI is InChI=1S/C14H12N2O3S/c1-10-8-9-20-13(10)6-7-14(17)15-11-2-4-12(5-3-11)16(18)19/h2-9H,1H3,(H,15,17). The molecule has 0 bridgehead atoms. The van der Waals surface area contributed by atoms with Gasteiger partial charge in [0.25, 0.3) is 5.69 Å². The van der Waals surface area contributed by atoms with Crippen LogP contribution in [-0.2, 0) is 4.79 Å². The minimum atomic E-state index is -0.481. The predicted octanol–water partition coefficient (Wildman–Crippen LogP) is 3.62. The summed E-state index contributed by atoms with van der Waals surface area (Å²) in [5.41, 5.74) is 1.63. The lowest BCUT2D eigenvalue weighted by Crippen LogP contribution is -2.07. The zero-order valence-corrected chi connectivity index (χ0v) is 11.5. The largest absolute Gasteiger partial charge is 0.323 e. The number of benzene rings is 1. The van der Waals surface area contributed by atoms with E-state index in [4.69, 9.17) is 0 Å². The molecule has 6 heteroatoms. The highest BCUT2D eigenvalue weighted by Crippen LogP contribution is 2.18. The highest BCUT2D eigenvalue weighted by atomic mass is 32.1. The first-order valence-electron chi connectivity index (χ1n) is 5.84. The molecule has 0 spiro atoms. The third-order valence-electron chi connectivity index (χ3n) is 2.63. The van der Waals surface area contributed by atoms with Crippen molar-refractivity contribution < 1.29 is 9.72 Å². The van der Waals surface area contributed by atoms with Crippen molar-refractivity contribution in [2.75, 3.05) is 5.32 Å². The number of nitrogens with one attached hydrogen (secondary N) is 1. The summed E-state index contributed by atoms with van der Waals surface area (Å²) in [5.74, 6) is -0.272. The third-order valence-corrected chi connectivity index (χ3v) is 3.62. The van der Waals surface area contributed by atoms with E-state index in [0.717, 1.165) is 10.4 Å². The zero-order chi connectivity index (χ0) is 14.5. The van der Waals surface area contributed by atoms with Crippen LogP contribution in [0.1, 0.15) is 10.4 Å². The maximum absolute atomic E-state index is 11.7. The SMILES string of the molecule is Cc1ccsc1C=CC(=O)Nc1ccc([N+](=O)[O-])cc1. The molecule has 1 N–H and O–H groups in total. The van der Waals surface area contributed by atoms with Crippen LogP contribution in [-0.4, -0.2) is 10.8 Å². The smallest absolute Gasteiger partial charge is 0.269 e. The van der Waals surface area contributed by atoms with Gasteiger partial charge in [0.1, 0.15) is 0 Å². The van der Waals surface area contributed by atoms with Crippen LogP contribution in [0.3, 0.4) is 0 Å². The molecule has 0 aliphatic carbocycles. The number of nitrogens with zero attached hydrogens (tertiary/aromatic N) is 1. The van der Waals surface area contributed by atoms with E-state index in [-0.39, 0.29) is 11.6 Å². The molecule has 0 atom stereocenters. The van der Waals surface area contributed by atoms with Crippen molar-refractivity contribution in [3.63, 3.8) is 0 Å². The first-order chi connectivity index (χ1) is 9.56. The molecule has 2 aromatic rings. The van der Waals surface area contributed by atoms with Gasteiger partial charge in [-0.15, -0.1) is 11.3 Å². The van der Waals surface area contributed by atoms with Crippen molar-refractivity contribution in [3.05, 3.63) is 62.3 Å². The molecule has 0 radical (unpaired) electrons. The van der Waals surface area contributed by atoms with E-state index in [1.165, 1.54) is 30.3 Å². The molecule has 0 saturated heterocycles. The van der Waals surface area contributed by atoms with E-state index in [2.05, 4.69) is 5.32 Å². The fraction of sp³-hybridized carbons (Fsp3) is 0.0714. The van der Waals surface area contributed by atoms with Gasteiger partial charge in [0.05, 0.1) is 4.92 Å². The Bertz CT molecular complexity index is 659. The summed E-state index contributed by atoms with van der Waals surface area (Å²) in [7, 11) is 0. The quantitative estimate of drug-likeness (QED) is 0.530. The summed E-state index contributed by atoms with van der Waals surface area (Å²) in [5, 5.41) is 15.1. The van der Waals surface area contributed by atoms with Crippen LogP contribution in [0.25, 0.3) is 6.08 Å².